The second-order valence-electron chi connectivity index (χ2n) is 10.4. The van der Waals surface area contributed by atoms with Gasteiger partial charge in [-0.15, -0.1) is 0 Å². The molecule has 5 nitrogen and oxygen atoms in total. The van der Waals surface area contributed by atoms with Crippen LogP contribution in [0.25, 0.3) is 11.1 Å². The summed E-state index contributed by atoms with van der Waals surface area (Å²) in [6.45, 7) is 2.92. The number of carbonyl (C=O) groups is 1. The number of halogens is 4. The van der Waals surface area contributed by atoms with Crippen LogP contribution in [0, 0.1) is 0 Å². The number of unbranched alkanes of at least 4 members (excludes halogenated alkanes) is 1. The Morgan fingerprint density at radius 3 is 2.17 bits per heavy atom. The topological polar surface area (TPSA) is 44.8 Å². The summed E-state index contributed by atoms with van der Waals surface area (Å²) < 4.78 is 44.8. The number of nitrogens with one attached hydrogen (secondary N) is 1. The first-order chi connectivity index (χ1) is 19.2. The summed E-state index contributed by atoms with van der Waals surface area (Å²) in [5, 5.41) is 2.88. The maximum atomic E-state index is 13.6. The van der Waals surface area contributed by atoms with Crippen molar-refractivity contribution in [3.63, 3.8) is 0 Å². The number of methoxy groups -OCH3 is 1. The maximum Gasteiger partial charge on any atom is 0.405 e. The normalized spacial score (nSPS) is 16.4. The number of fused-ring (bicyclic) bond motifs is 3. The summed E-state index contributed by atoms with van der Waals surface area (Å²) in [6, 6.07) is 20.8. The third-order valence-corrected chi connectivity index (χ3v) is 8.27. The van der Waals surface area contributed by atoms with Crippen molar-refractivity contribution in [2.75, 3.05) is 51.3 Å². The van der Waals surface area contributed by atoms with Crippen LogP contribution in [0.4, 0.5) is 18.9 Å². The molecule has 1 aliphatic carbocycles. The highest BCUT2D eigenvalue weighted by Gasteiger charge is 2.49. The molecule has 40 heavy (non-hydrogen) atoms. The minimum atomic E-state index is -4.48. The Labute approximate surface area is 237 Å². The number of alkyl halides is 3. The fourth-order valence-electron chi connectivity index (χ4n) is 6.13. The van der Waals surface area contributed by atoms with E-state index in [0.29, 0.717) is 17.9 Å². The summed E-state index contributed by atoms with van der Waals surface area (Å²) in [5.41, 5.74) is 3.21. The van der Waals surface area contributed by atoms with Crippen LogP contribution in [0.5, 0.6) is 5.75 Å². The van der Waals surface area contributed by atoms with E-state index in [1.54, 1.807) is 7.11 Å². The van der Waals surface area contributed by atoms with Gasteiger partial charge in [0.25, 0.3) is 0 Å². The van der Waals surface area contributed by atoms with Gasteiger partial charge in [0.15, 0.2) is 0 Å². The van der Waals surface area contributed by atoms with Crippen molar-refractivity contribution in [1.82, 2.24) is 10.2 Å². The zero-order valence-electron chi connectivity index (χ0n) is 22.4. The lowest BCUT2D eigenvalue weighted by Crippen LogP contribution is -2.47. The van der Waals surface area contributed by atoms with Crippen LogP contribution < -0.4 is 15.0 Å². The molecule has 0 saturated carbocycles. The van der Waals surface area contributed by atoms with E-state index in [9.17, 15) is 18.0 Å². The molecule has 1 saturated heterocycles. The highest BCUT2D eigenvalue weighted by molar-refractivity contribution is 6.31. The molecule has 9 heteroatoms. The monoisotopic (exact) mass is 571 g/mol. The van der Waals surface area contributed by atoms with E-state index in [1.807, 2.05) is 66.7 Å². The number of carbonyl (C=O) groups excluding carboxylic acids is 1. The van der Waals surface area contributed by atoms with Crippen molar-refractivity contribution < 1.29 is 22.7 Å². The fourth-order valence-corrected chi connectivity index (χ4v) is 6.30. The molecule has 0 spiro atoms. The largest absolute Gasteiger partial charge is 0.495 e. The lowest BCUT2D eigenvalue weighted by atomic mass is 9.73. The van der Waals surface area contributed by atoms with Gasteiger partial charge >= 0.3 is 6.18 Å². The number of nitrogens with zero attached hydrogens (tertiary/aromatic N) is 2. The first-order valence-electron chi connectivity index (χ1n) is 13.6. The molecule has 0 atom stereocenters. The number of piperazine rings is 1. The molecule has 1 fully saturated rings. The smallest absolute Gasteiger partial charge is 0.405 e. The van der Waals surface area contributed by atoms with Crippen LogP contribution in [-0.2, 0) is 10.2 Å². The van der Waals surface area contributed by atoms with Crippen LogP contribution in [0.1, 0.15) is 30.4 Å². The number of benzene rings is 3. The number of hydrogen-bond donors (Lipinski definition) is 1. The second kappa shape index (κ2) is 11.7. The summed E-state index contributed by atoms with van der Waals surface area (Å²) in [7, 11) is 1.65. The molecule has 212 valence electrons. The molecule has 0 bridgehead atoms. The van der Waals surface area contributed by atoms with Gasteiger partial charge in [0, 0.05) is 31.2 Å². The first-order valence-corrected chi connectivity index (χ1v) is 14.0. The molecular formula is C31H33ClF3N3O2. The van der Waals surface area contributed by atoms with Crippen molar-refractivity contribution >= 4 is 23.2 Å². The molecule has 0 aromatic heterocycles. The molecular weight excluding hydrogens is 539 g/mol. The van der Waals surface area contributed by atoms with Gasteiger partial charge in [-0.2, -0.15) is 13.2 Å². The molecule has 3 aromatic rings. The average molecular weight is 572 g/mol. The Kier molecular flexibility index (Phi) is 8.29. The first kappa shape index (κ1) is 28.3. The highest BCUT2D eigenvalue weighted by atomic mass is 35.5. The van der Waals surface area contributed by atoms with Gasteiger partial charge < -0.3 is 15.0 Å². The number of ether oxygens (including phenoxy) is 1. The maximum absolute atomic E-state index is 13.6. The number of anilines is 1. The highest BCUT2D eigenvalue weighted by Crippen LogP contribution is 2.51. The molecule has 2 aliphatic rings. The Morgan fingerprint density at radius 2 is 1.57 bits per heavy atom. The van der Waals surface area contributed by atoms with Crippen molar-refractivity contribution in [2.24, 2.45) is 0 Å². The Hall–Kier alpha value is -3.23. The van der Waals surface area contributed by atoms with Gasteiger partial charge in [-0.25, -0.2) is 0 Å². The second-order valence-corrected chi connectivity index (χ2v) is 10.8. The Bertz CT molecular complexity index is 1310. The van der Waals surface area contributed by atoms with Gasteiger partial charge in [0.2, 0.25) is 5.91 Å². The predicted molar refractivity (Wildman–Crippen MR) is 152 cm³/mol. The van der Waals surface area contributed by atoms with Crippen molar-refractivity contribution in [1.29, 1.82) is 0 Å². The molecule has 0 unspecified atom stereocenters. The van der Waals surface area contributed by atoms with E-state index in [2.05, 4.69) is 15.1 Å². The third-order valence-electron chi connectivity index (χ3n) is 8.03. The van der Waals surface area contributed by atoms with Gasteiger partial charge in [-0.3, -0.25) is 9.69 Å². The minimum Gasteiger partial charge on any atom is -0.495 e. The molecule has 1 amide bonds. The van der Waals surface area contributed by atoms with E-state index in [-0.39, 0.29) is 0 Å². The SMILES string of the molecule is COc1ccc(Cl)cc1N1CCN(CCCCC2(C(=O)NCC(F)(F)F)c3ccccc3-c3ccccc32)CC1. The lowest BCUT2D eigenvalue weighted by Gasteiger charge is -2.37. The standard InChI is InChI=1S/C31H33ClF3N3O2/c1-40-28-13-12-22(32)20-27(28)38-18-16-37(17-19-38)15-7-6-14-30(29(39)36-21-31(33,34)35)25-10-4-2-8-23(25)24-9-3-5-11-26(24)30/h2-5,8-13,20H,6-7,14-19,21H2,1H3,(H,36,39). The summed E-state index contributed by atoms with van der Waals surface area (Å²) in [6.07, 6.45) is -2.51. The van der Waals surface area contributed by atoms with E-state index in [4.69, 9.17) is 16.3 Å². The van der Waals surface area contributed by atoms with Crippen molar-refractivity contribution in [3.05, 3.63) is 82.9 Å². The number of hydrogen-bond acceptors (Lipinski definition) is 4. The van der Waals surface area contributed by atoms with Crippen molar-refractivity contribution in [2.45, 2.75) is 30.9 Å². The fraction of sp³-hybridized carbons (Fsp3) is 0.387. The molecule has 1 heterocycles. The summed E-state index contributed by atoms with van der Waals surface area (Å²) in [4.78, 5) is 18.3. The van der Waals surface area contributed by atoms with Gasteiger partial charge in [-0.05, 0) is 59.8 Å². The molecule has 3 aromatic carbocycles. The zero-order chi connectivity index (χ0) is 28.3. The van der Waals surface area contributed by atoms with Crippen LogP contribution in [-0.4, -0.2) is 63.4 Å². The average Bonchev–Trinajstić information content (AvgIpc) is 3.25. The van der Waals surface area contributed by atoms with Crippen LogP contribution in [0.2, 0.25) is 5.02 Å². The molecule has 1 aliphatic heterocycles. The molecule has 5 rings (SSSR count). The van der Waals surface area contributed by atoms with Gasteiger partial charge in [0.1, 0.15) is 17.7 Å². The quantitative estimate of drug-likeness (QED) is 0.307. The number of amides is 1. The molecule has 0 radical (unpaired) electrons. The van der Waals surface area contributed by atoms with Crippen molar-refractivity contribution in [3.8, 4) is 16.9 Å². The van der Waals surface area contributed by atoms with Crippen LogP contribution in [0.15, 0.2) is 66.7 Å². The summed E-state index contributed by atoms with van der Waals surface area (Å²) >= 11 is 6.22. The third kappa shape index (κ3) is 5.65. The Balaban J connectivity index is 1.26. The van der Waals surface area contributed by atoms with Crippen LogP contribution >= 0.6 is 11.6 Å². The van der Waals surface area contributed by atoms with Gasteiger partial charge in [0.05, 0.1) is 12.8 Å². The lowest BCUT2D eigenvalue weighted by molar-refractivity contribution is -0.141. The minimum absolute atomic E-state index is 0.435. The predicted octanol–water partition coefficient (Wildman–Crippen LogP) is 6.29. The Morgan fingerprint density at radius 1 is 0.950 bits per heavy atom. The van der Waals surface area contributed by atoms with E-state index < -0.39 is 24.0 Å². The number of rotatable bonds is 9. The molecule has 1 N–H and O–H groups in total. The van der Waals surface area contributed by atoms with E-state index in [0.717, 1.165) is 72.8 Å². The summed E-state index contributed by atoms with van der Waals surface area (Å²) in [5.74, 6) is 0.204. The zero-order valence-corrected chi connectivity index (χ0v) is 23.2. The van der Waals surface area contributed by atoms with E-state index in [1.165, 1.54) is 0 Å². The van der Waals surface area contributed by atoms with Crippen LogP contribution in [0.3, 0.4) is 0 Å². The van der Waals surface area contributed by atoms with E-state index >= 15 is 0 Å². The van der Waals surface area contributed by atoms with Gasteiger partial charge in [-0.1, -0.05) is 66.6 Å².